The predicted octanol–water partition coefficient (Wildman–Crippen LogP) is 0.464. The number of hydrogen-bond acceptors (Lipinski definition) is 5. The van der Waals surface area contributed by atoms with Gasteiger partial charge in [0.05, 0.1) is 10.6 Å². The Bertz CT molecular complexity index is 750. The van der Waals surface area contributed by atoms with Crippen molar-refractivity contribution >= 4 is 21.4 Å². The van der Waals surface area contributed by atoms with Gasteiger partial charge in [-0.15, -0.1) is 0 Å². The number of sulfonamides is 1. The van der Waals surface area contributed by atoms with Crippen LogP contribution in [0.3, 0.4) is 0 Å². The van der Waals surface area contributed by atoms with E-state index in [0.29, 0.717) is 5.69 Å². The van der Waals surface area contributed by atoms with Gasteiger partial charge in [-0.1, -0.05) is 0 Å². The molecule has 0 spiro atoms. The van der Waals surface area contributed by atoms with Crippen LogP contribution in [-0.4, -0.2) is 18.5 Å². The fraction of sp³-hybridized carbons (Fsp3) is 0. The van der Waals surface area contributed by atoms with Crippen molar-refractivity contribution in [1.29, 1.82) is 0 Å². The minimum Gasteiger partial charge on any atom is -0.494 e. The number of aromatic nitrogens is 1. The summed E-state index contributed by atoms with van der Waals surface area (Å²) in [7, 11) is -3.83. The molecule has 8 heteroatoms. The van der Waals surface area contributed by atoms with Crippen LogP contribution in [0.2, 0.25) is 0 Å². The smallest absolute Gasteiger partial charge is 0.261 e. The fourth-order valence-corrected chi connectivity index (χ4v) is 2.49. The maximum atomic E-state index is 12.0. The van der Waals surface area contributed by atoms with Crippen LogP contribution in [0.5, 0.6) is 5.88 Å². The van der Waals surface area contributed by atoms with Gasteiger partial charge in [0.25, 0.3) is 15.6 Å². The van der Waals surface area contributed by atoms with Gasteiger partial charge in [0.15, 0.2) is 5.88 Å². The van der Waals surface area contributed by atoms with Crippen LogP contribution < -0.4 is 16.0 Å². The van der Waals surface area contributed by atoms with E-state index in [1.165, 1.54) is 24.3 Å². The molecular weight excluding hydrogens is 270 g/mol. The Morgan fingerprint density at radius 2 is 1.79 bits per heavy atom. The molecule has 100 valence electrons. The number of nitrogen functional groups attached to an aromatic ring is 1. The molecule has 7 nitrogen and oxygen atoms in total. The average Bonchev–Trinajstić information content (AvgIpc) is 2.27. The Balaban J connectivity index is 2.36. The highest BCUT2D eigenvalue weighted by Crippen LogP contribution is 2.17. The van der Waals surface area contributed by atoms with Crippen LogP contribution in [0.25, 0.3) is 0 Å². The summed E-state index contributed by atoms with van der Waals surface area (Å²) in [6, 6.07) is 7.69. The molecule has 1 heterocycles. The minimum absolute atomic E-state index is 0.00136. The van der Waals surface area contributed by atoms with Gasteiger partial charge in [0, 0.05) is 17.8 Å². The van der Waals surface area contributed by atoms with E-state index in [-0.39, 0.29) is 10.6 Å². The second-order valence-electron chi connectivity index (χ2n) is 3.79. The number of pyridine rings is 1. The molecule has 5 N–H and O–H groups in total. The molecule has 0 atom stereocenters. The lowest BCUT2D eigenvalue weighted by Crippen LogP contribution is -2.15. The summed E-state index contributed by atoms with van der Waals surface area (Å²) in [6.07, 6.45) is 0. The number of rotatable bonds is 3. The number of aromatic hydroxyl groups is 1. The first-order chi connectivity index (χ1) is 8.87. The van der Waals surface area contributed by atoms with Gasteiger partial charge in [0.2, 0.25) is 0 Å². The van der Waals surface area contributed by atoms with Crippen LogP contribution in [0, 0.1) is 0 Å². The lowest BCUT2D eigenvalue weighted by Gasteiger charge is -2.08. The van der Waals surface area contributed by atoms with E-state index in [1.54, 1.807) is 0 Å². The summed E-state index contributed by atoms with van der Waals surface area (Å²) in [4.78, 5) is 13.2. The maximum Gasteiger partial charge on any atom is 0.261 e. The van der Waals surface area contributed by atoms with E-state index in [4.69, 9.17) is 5.73 Å². The van der Waals surface area contributed by atoms with E-state index < -0.39 is 21.5 Å². The van der Waals surface area contributed by atoms with Crippen molar-refractivity contribution in [1.82, 2.24) is 4.98 Å². The average molecular weight is 281 g/mol. The highest BCUT2D eigenvalue weighted by molar-refractivity contribution is 7.92. The molecule has 0 aliphatic rings. The van der Waals surface area contributed by atoms with Gasteiger partial charge in [-0.25, -0.2) is 8.42 Å². The molecule has 0 saturated heterocycles. The van der Waals surface area contributed by atoms with Crippen LogP contribution in [0.15, 0.2) is 46.1 Å². The SMILES string of the molecule is Nc1ccc(S(=O)(=O)Nc2cc(O)[nH]c(=O)c2)cc1. The third-order valence-electron chi connectivity index (χ3n) is 2.27. The zero-order chi connectivity index (χ0) is 14.0. The Hall–Kier alpha value is -2.48. The monoisotopic (exact) mass is 281 g/mol. The van der Waals surface area contributed by atoms with E-state index in [9.17, 15) is 18.3 Å². The first-order valence-corrected chi connectivity index (χ1v) is 6.67. The van der Waals surface area contributed by atoms with Crippen LogP contribution in [0.4, 0.5) is 11.4 Å². The van der Waals surface area contributed by atoms with Gasteiger partial charge in [-0.05, 0) is 24.3 Å². The van der Waals surface area contributed by atoms with Crippen molar-refractivity contribution in [3.05, 3.63) is 46.8 Å². The summed E-state index contributed by atoms with van der Waals surface area (Å²) in [5.74, 6) is -0.428. The van der Waals surface area contributed by atoms with Crippen LogP contribution in [-0.2, 0) is 10.0 Å². The summed E-state index contributed by atoms with van der Waals surface area (Å²) < 4.78 is 26.2. The largest absolute Gasteiger partial charge is 0.494 e. The van der Waals surface area contributed by atoms with Crippen molar-refractivity contribution in [2.75, 3.05) is 10.5 Å². The van der Waals surface area contributed by atoms with Gasteiger partial charge in [-0.3, -0.25) is 14.5 Å². The number of anilines is 2. The molecule has 0 amide bonds. The highest BCUT2D eigenvalue weighted by Gasteiger charge is 2.14. The summed E-state index contributed by atoms with van der Waals surface area (Å²) in [6.45, 7) is 0. The Morgan fingerprint density at radius 1 is 1.16 bits per heavy atom. The topological polar surface area (TPSA) is 125 Å². The summed E-state index contributed by atoms with van der Waals surface area (Å²) in [5.41, 5.74) is 5.26. The van der Waals surface area contributed by atoms with Crippen molar-refractivity contribution in [2.45, 2.75) is 4.90 Å². The minimum atomic E-state index is -3.83. The number of nitrogens with two attached hydrogens (primary N) is 1. The molecule has 2 rings (SSSR count). The standard InChI is InChI=1S/C11H11N3O4S/c12-7-1-3-9(4-2-7)19(17,18)14-8-5-10(15)13-11(16)6-8/h1-6H,12H2,(H3,13,14,15,16). The predicted molar refractivity (Wildman–Crippen MR) is 70.4 cm³/mol. The molecule has 0 aliphatic heterocycles. The van der Waals surface area contributed by atoms with Crippen LogP contribution in [0.1, 0.15) is 0 Å². The number of nitrogens with one attached hydrogen (secondary N) is 2. The first kappa shape index (κ1) is 13.0. The Kier molecular flexibility index (Phi) is 3.17. The summed E-state index contributed by atoms with van der Waals surface area (Å²) >= 11 is 0. The molecule has 2 aromatic rings. The first-order valence-electron chi connectivity index (χ1n) is 5.18. The molecule has 0 unspecified atom stereocenters. The maximum absolute atomic E-state index is 12.0. The van der Waals surface area contributed by atoms with Crippen LogP contribution >= 0.6 is 0 Å². The third kappa shape index (κ3) is 3.05. The number of benzene rings is 1. The van der Waals surface area contributed by atoms with Gasteiger partial charge in [0.1, 0.15) is 0 Å². The van der Waals surface area contributed by atoms with E-state index in [2.05, 4.69) is 9.71 Å². The quantitative estimate of drug-likeness (QED) is 0.608. The van der Waals surface area contributed by atoms with Crippen molar-refractivity contribution in [3.8, 4) is 5.88 Å². The van der Waals surface area contributed by atoms with E-state index in [0.717, 1.165) is 12.1 Å². The second kappa shape index (κ2) is 4.65. The van der Waals surface area contributed by atoms with Gasteiger partial charge < -0.3 is 10.8 Å². The number of aromatic amines is 1. The molecule has 1 aromatic carbocycles. The Morgan fingerprint density at radius 3 is 2.37 bits per heavy atom. The lowest BCUT2D eigenvalue weighted by molar-refractivity contribution is 0.452. The van der Waals surface area contributed by atoms with E-state index in [1.807, 2.05) is 0 Å². The van der Waals surface area contributed by atoms with Gasteiger partial charge >= 0.3 is 0 Å². The molecule has 0 aliphatic carbocycles. The van der Waals surface area contributed by atoms with Gasteiger partial charge in [-0.2, -0.15) is 0 Å². The van der Waals surface area contributed by atoms with Crippen molar-refractivity contribution < 1.29 is 13.5 Å². The molecule has 0 bridgehead atoms. The van der Waals surface area contributed by atoms with Crippen molar-refractivity contribution in [3.63, 3.8) is 0 Å². The highest BCUT2D eigenvalue weighted by atomic mass is 32.2. The Labute approximate surface area is 108 Å². The molecule has 0 radical (unpaired) electrons. The third-order valence-corrected chi connectivity index (χ3v) is 3.67. The fourth-order valence-electron chi connectivity index (χ4n) is 1.45. The number of hydrogen-bond donors (Lipinski definition) is 4. The van der Waals surface area contributed by atoms with E-state index >= 15 is 0 Å². The second-order valence-corrected chi connectivity index (χ2v) is 5.48. The van der Waals surface area contributed by atoms with Crippen molar-refractivity contribution in [2.24, 2.45) is 0 Å². The molecular formula is C11H11N3O4S. The number of H-pyrrole nitrogens is 1. The molecule has 19 heavy (non-hydrogen) atoms. The zero-order valence-electron chi connectivity index (χ0n) is 9.62. The molecule has 0 fully saturated rings. The molecule has 1 aromatic heterocycles. The zero-order valence-corrected chi connectivity index (χ0v) is 10.4. The lowest BCUT2D eigenvalue weighted by atomic mass is 10.3. The molecule has 0 saturated carbocycles. The normalized spacial score (nSPS) is 11.2. The summed E-state index contributed by atoms with van der Waals surface area (Å²) in [5, 5.41) is 9.19.